The highest BCUT2D eigenvalue weighted by Gasteiger charge is 2.27. The Morgan fingerprint density at radius 2 is 1.89 bits per heavy atom. The van der Waals surface area contributed by atoms with Gasteiger partial charge in [-0.25, -0.2) is 8.78 Å². The van der Waals surface area contributed by atoms with Crippen LogP contribution in [-0.4, -0.2) is 27.0 Å². The Kier molecular flexibility index (Phi) is 5.36. The number of H-pyrrole nitrogens is 1. The van der Waals surface area contributed by atoms with Crippen molar-refractivity contribution in [2.24, 2.45) is 0 Å². The first-order valence-electron chi connectivity index (χ1n) is 8.52. The molecule has 0 saturated heterocycles. The molecule has 0 radical (unpaired) electrons. The molecule has 2 aromatic carbocycles. The van der Waals surface area contributed by atoms with Gasteiger partial charge in [-0.05, 0) is 24.6 Å². The number of non-ortho nitro benzene ring substituents is 1. The molecular formula is C19H17F2N3O4. The van der Waals surface area contributed by atoms with Gasteiger partial charge in [-0.15, -0.1) is 0 Å². The van der Waals surface area contributed by atoms with Crippen LogP contribution in [0.25, 0.3) is 10.9 Å². The second-order valence-corrected chi connectivity index (χ2v) is 6.25. The Hall–Kier alpha value is -3.33. The number of amides is 1. The van der Waals surface area contributed by atoms with E-state index in [-0.39, 0.29) is 23.3 Å². The molecule has 0 spiro atoms. The number of aliphatic hydroxyl groups is 1. The smallest absolute Gasteiger partial charge is 0.293 e. The SMILES string of the molecule is CCC(NC(=O)c1cc2cccc([N+](=O)[O-])c2[nH]1)C(O)c1c(F)cccc1F. The summed E-state index contributed by atoms with van der Waals surface area (Å²) in [6, 6.07) is 8.09. The van der Waals surface area contributed by atoms with Gasteiger partial charge in [0.1, 0.15) is 28.9 Å². The second-order valence-electron chi connectivity index (χ2n) is 6.25. The van der Waals surface area contributed by atoms with Crippen molar-refractivity contribution in [1.82, 2.24) is 10.3 Å². The van der Waals surface area contributed by atoms with Crippen molar-refractivity contribution in [3.8, 4) is 0 Å². The fourth-order valence-corrected chi connectivity index (χ4v) is 3.06. The number of hydrogen-bond donors (Lipinski definition) is 3. The van der Waals surface area contributed by atoms with Crippen LogP contribution in [0.2, 0.25) is 0 Å². The van der Waals surface area contributed by atoms with Gasteiger partial charge in [0.25, 0.3) is 11.6 Å². The molecule has 7 nitrogen and oxygen atoms in total. The highest BCUT2D eigenvalue weighted by atomic mass is 19.1. The lowest BCUT2D eigenvalue weighted by Crippen LogP contribution is -2.39. The molecule has 0 aliphatic heterocycles. The van der Waals surface area contributed by atoms with Crippen molar-refractivity contribution in [2.45, 2.75) is 25.5 Å². The Labute approximate surface area is 158 Å². The summed E-state index contributed by atoms with van der Waals surface area (Å²) >= 11 is 0. The van der Waals surface area contributed by atoms with Gasteiger partial charge >= 0.3 is 0 Å². The third-order valence-corrected chi connectivity index (χ3v) is 4.51. The molecule has 3 N–H and O–H groups in total. The van der Waals surface area contributed by atoms with Crippen molar-refractivity contribution in [2.75, 3.05) is 0 Å². The number of carbonyl (C=O) groups excluding carboxylic acids is 1. The molecule has 0 saturated carbocycles. The van der Waals surface area contributed by atoms with E-state index in [0.717, 1.165) is 12.1 Å². The van der Waals surface area contributed by atoms with Crippen LogP contribution >= 0.6 is 0 Å². The maximum absolute atomic E-state index is 13.9. The molecule has 146 valence electrons. The number of carbonyl (C=O) groups is 1. The average molecular weight is 389 g/mol. The number of halogens is 2. The molecule has 3 rings (SSSR count). The Morgan fingerprint density at radius 1 is 1.25 bits per heavy atom. The Balaban J connectivity index is 1.87. The van der Waals surface area contributed by atoms with Crippen molar-refractivity contribution in [3.05, 3.63) is 75.5 Å². The van der Waals surface area contributed by atoms with E-state index in [1.807, 2.05) is 0 Å². The van der Waals surface area contributed by atoms with Gasteiger partial charge in [0.2, 0.25) is 0 Å². The molecule has 2 atom stereocenters. The van der Waals surface area contributed by atoms with Crippen molar-refractivity contribution in [3.63, 3.8) is 0 Å². The zero-order valence-electron chi connectivity index (χ0n) is 14.8. The summed E-state index contributed by atoms with van der Waals surface area (Å²) in [5.41, 5.74) is -0.491. The number of benzene rings is 2. The first kappa shape index (κ1) is 19.4. The van der Waals surface area contributed by atoms with Crippen LogP contribution in [0.15, 0.2) is 42.5 Å². The number of nitrogens with one attached hydrogen (secondary N) is 2. The third kappa shape index (κ3) is 3.56. The van der Waals surface area contributed by atoms with E-state index in [1.54, 1.807) is 13.0 Å². The molecule has 9 heteroatoms. The summed E-state index contributed by atoms with van der Waals surface area (Å²) in [6.45, 7) is 1.64. The minimum absolute atomic E-state index is 0.0314. The summed E-state index contributed by atoms with van der Waals surface area (Å²) in [7, 11) is 0. The summed E-state index contributed by atoms with van der Waals surface area (Å²) in [6.07, 6.45) is -1.41. The van der Waals surface area contributed by atoms with E-state index in [4.69, 9.17) is 0 Å². The summed E-state index contributed by atoms with van der Waals surface area (Å²) in [5.74, 6) is -2.49. The number of para-hydroxylation sites is 1. The minimum Gasteiger partial charge on any atom is -0.386 e. The standard InChI is InChI=1S/C19H17F2N3O4/c1-2-13(18(25)16-11(20)6-4-7-12(16)21)23-19(26)14-9-10-5-3-8-15(24(27)28)17(10)22-14/h3-9,13,18,22,25H,2H2,1H3,(H,23,26). The van der Waals surface area contributed by atoms with E-state index in [1.165, 1.54) is 24.3 Å². The second kappa shape index (κ2) is 7.73. The average Bonchev–Trinajstić information content (AvgIpc) is 3.09. The molecule has 0 bridgehead atoms. The number of hydrogen-bond acceptors (Lipinski definition) is 4. The van der Waals surface area contributed by atoms with Gasteiger partial charge in [0.15, 0.2) is 0 Å². The number of fused-ring (bicyclic) bond motifs is 1. The lowest BCUT2D eigenvalue weighted by atomic mass is 9.99. The fraction of sp³-hybridized carbons (Fsp3) is 0.211. The van der Waals surface area contributed by atoms with Gasteiger partial charge in [-0.1, -0.05) is 25.1 Å². The number of aromatic amines is 1. The summed E-state index contributed by atoms with van der Waals surface area (Å²) in [4.78, 5) is 25.8. The number of nitro groups is 1. The van der Waals surface area contributed by atoms with E-state index in [0.29, 0.717) is 5.39 Å². The molecule has 1 aromatic heterocycles. The molecule has 1 heterocycles. The molecular weight excluding hydrogens is 372 g/mol. The topological polar surface area (TPSA) is 108 Å². The number of aromatic nitrogens is 1. The molecule has 1 amide bonds. The van der Waals surface area contributed by atoms with Crippen molar-refractivity contribution >= 4 is 22.5 Å². The van der Waals surface area contributed by atoms with Gasteiger partial charge in [0.05, 0.1) is 16.5 Å². The number of aliphatic hydroxyl groups excluding tert-OH is 1. The van der Waals surface area contributed by atoms with Crippen LogP contribution in [0.5, 0.6) is 0 Å². The molecule has 3 aromatic rings. The summed E-state index contributed by atoms with van der Waals surface area (Å²) < 4.78 is 27.9. The predicted octanol–water partition coefficient (Wildman–Crippen LogP) is 3.60. The number of rotatable bonds is 6. The highest BCUT2D eigenvalue weighted by Crippen LogP contribution is 2.27. The maximum Gasteiger partial charge on any atom is 0.293 e. The van der Waals surface area contributed by atoms with Gasteiger partial charge < -0.3 is 15.4 Å². The zero-order chi connectivity index (χ0) is 20.4. The lowest BCUT2D eigenvalue weighted by molar-refractivity contribution is -0.383. The van der Waals surface area contributed by atoms with Crippen LogP contribution in [0.1, 0.15) is 35.5 Å². The predicted molar refractivity (Wildman–Crippen MR) is 97.8 cm³/mol. The first-order valence-corrected chi connectivity index (χ1v) is 8.52. The van der Waals surface area contributed by atoms with E-state index in [9.17, 15) is 28.8 Å². The largest absolute Gasteiger partial charge is 0.386 e. The van der Waals surface area contributed by atoms with E-state index < -0.39 is 40.2 Å². The normalized spacial score (nSPS) is 13.3. The van der Waals surface area contributed by atoms with Gasteiger partial charge in [-0.3, -0.25) is 14.9 Å². The van der Waals surface area contributed by atoms with Crippen LogP contribution < -0.4 is 5.32 Å². The van der Waals surface area contributed by atoms with Crippen LogP contribution in [-0.2, 0) is 0 Å². The fourth-order valence-electron chi connectivity index (χ4n) is 3.06. The monoisotopic (exact) mass is 389 g/mol. The highest BCUT2D eigenvalue weighted by molar-refractivity contribution is 6.00. The Morgan fingerprint density at radius 3 is 2.50 bits per heavy atom. The Bertz CT molecular complexity index is 1030. The van der Waals surface area contributed by atoms with E-state index in [2.05, 4.69) is 10.3 Å². The van der Waals surface area contributed by atoms with E-state index >= 15 is 0 Å². The lowest BCUT2D eigenvalue weighted by Gasteiger charge is -2.23. The third-order valence-electron chi connectivity index (χ3n) is 4.51. The van der Waals surface area contributed by atoms with Crippen LogP contribution in [0.3, 0.4) is 0 Å². The molecule has 0 fully saturated rings. The molecule has 28 heavy (non-hydrogen) atoms. The van der Waals surface area contributed by atoms with Gasteiger partial charge in [0, 0.05) is 11.5 Å². The number of nitro benzene ring substituents is 1. The zero-order valence-corrected chi connectivity index (χ0v) is 14.8. The van der Waals surface area contributed by atoms with Crippen LogP contribution in [0, 0.1) is 21.7 Å². The number of nitrogens with zero attached hydrogens (tertiary/aromatic N) is 1. The van der Waals surface area contributed by atoms with Crippen molar-refractivity contribution in [1.29, 1.82) is 0 Å². The van der Waals surface area contributed by atoms with Crippen LogP contribution in [0.4, 0.5) is 14.5 Å². The quantitative estimate of drug-likeness (QED) is 0.442. The molecule has 0 aliphatic carbocycles. The molecule has 0 aliphatic rings. The maximum atomic E-state index is 13.9. The van der Waals surface area contributed by atoms with Gasteiger partial charge in [-0.2, -0.15) is 0 Å². The first-order chi connectivity index (χ1) is 13.3. The minimum atomic E-state index is -1.60. The summed E-state index contributed by atoms with van der Waals surface area (Å²) in [5, 5.41) is 24.5. The molecule has 2 unspecified atom stereocenters. The van der Waals surface area contributed by atoms with Crippen molar-refractivity contribution < 1.29 is 23.6 Å².